The molecule has 0 amide bonds. The van der Waals surface area contributed by atoms with Crippen LogP contribution >= 0.6 is 51.3 Å². The average molecular weight is 459 g/mol. The summed E-state index contributed by atoms with van der Waals surface area (Å²) in [6.07, 6.45) is 0. The van der Waals surface area contributed by atoms with Crippen LogP contribution in [0.4, 0.5) is 5.69 Å². The fourth-order valence-electron chi connectivity index (χ4n) is 2.76. The van der Waals surface area contributed by atoms with Crippen LogP contribution in [0.1, 0.15) is 5.56 Å². The largest absolute Gasteiger partial charge is 0.346 e. The summed E-state index contributed by atoms with van der Waals surface area (Å²) in [6, 6.07) is 13.7. The van der Waals surface area contributed by atoms with Crippen LogP contribution in [-0.4, -0.2) is 41.1 Å². The Kier molecular flexibility index (Phi) is 6.58. The first-order valence-electron chi connectivity index (χ1n) is 7.99. The molecule has 0 radical (unpaired) electrons. The maximum atomic E-state index is 6.20. The molecule has 0 aromatic heterocycles. The van der Waals surface area contributed by atoms with Crippen molar-refractivity contribution in [3.63, 3.8) is 0 Å². The smallest absolute Gasteiger partial charge is 0.173 e. The van der Waals surface area contributed by atoms with Crippen molar-refractivity contribution >= 4 is 62.1 Å². The van der Waals surface area contributed by atoms with Gasteiger partial charge in [0.2, 0.25) is 0 Å². The van der Waals surface area contributed by atoms with Crippen LogP contribution in [0, 0.1) is 0 Å². The highest BCUT2D eigenvalue weighted by atomic mass is 79.9. The molecule has 2 aromatic carbocycles. The number of nitrogens with one attached hydrogen (secondary N) is 1. The normalized spacial score (nSPS) is 15.2. The van der Waals surface area contributed by atoms with E-state index in [9.17, 15) is 0 Å². The van der Waals surface area contributed by atoms with Gasteiger partial charge >= 0.3 is 0 Å². The molecule has 1 fully saturated rings. The summed E-state index contributed by atoms with van der Waals surface area (Å²) in [4.78, 5) is 4.61. The Morgan fingerprint density at radius 1 is 1.08 bits per heavy atom. The molecule has 1 heterocycles. The van der Waals surface area contributed by atoms with Crippen molar-refractivity contribution in [2.24, 2.45) is 0 Å². The van der Waals surface area contributed by atoms with Crippen LogP contribution in [0.2, 0.25) is 10.0 Å². The van der Waals surface area contributed by atoms with E-state index < -0.39 is 0 Å². The Morgan fingerprint density at radius 2 is 1.80 bits per heavy atom. The molecule has 2 aromatic rings. The summed E-state index contributed by atoms with van der Waals surface area (Å²) < 4.78 is 1.16. The van der Waals surface area contributed by atoms with E-state index in [2.05, 4.69) is 49.2 Å². The standard InChI is InChI=1S/C18H18BrCl2N3S/c19-15-4-2-1-3-13(15)12-23-7-9-24(10-8-23)18(25)22-17-11-14(20)5-6-16(17)21/h1-6,11H,7-10,12H2,(H,22,25). The van der Waals surface area contributed by atoms with Crippen LogP contribution in [0.25, 0.3) is 0 Å². The summed E-state index contributed by atoms with van der Waals surface area (Å²) in [5.74, 6) is 0. The lowest BCUT2D eigenvalue weighted by Crippen LogP contribution is -2.49. The highest BCUT2D eigenvalue weighted by Crippen LogP contribution is 2.26. The zero-order valence-corrected chi connectivity index (χ0v) is 17.4. The Morgan fingerprint density at radius 3 is 2.52 bits per heavy atom. The van der Waals surface area contributed by atoms with Gasteiger partial charge in [-0.25, -0.2) is 0 Å². The van der Waals surface area contributed by atoms with E-state index in [-0.39, 0.29) is 0 Å². The molecule has 0 saturated carbocycles. The second kappa shape index (κ2) is 8.69. The summed E-state index contributed by atoms with van der Waals surface area (Å²) >= 11 is 21.4. The first-order valence-corrected chi connectivity index (χ1v) is 9.95. The predicted molar refractivity (Wildman–Crippen MR) is 114 cm³/mol. The molecule has 0 unspecified atom stereocenters. The second-order valence-corrected chi connectivity index (χ2v) is 7.99. The number of anilines is 1. The van der Waals surface area contributed by atoms with Crippen molar-refractivity contribution in [2.75, 3.05) is 31.5 Å². The quantitative estimate of drug-likeness (QED) is 0.631. The number of halogens is 3. The molecule has 0 aliphatic carbocycles. The molecule has 1 saturated heterocycles. The van der Waals surface area contributed by atoms with Crippen molar-refractivity contribution in [3.8, 4) is 0 Å². The number of nitrogens with zero attached hydrogens (tertiary/aromatic N) is 2. The Labute approximate surface area is 172 Å². The number of hydrogen-bond acceptors (Lipinski definition) is 2. The van der Waals surface area contributed by atoms with E-state index in [0.717, 1.165) is 42.9 Å². The molecule has 1 aliphatic rings. The van der Waals surface area contributed by atoms with E-state index >= 15 is 0 Å². The molecule has 7 heteroatoms. The summed E-state index contributed by atoms with van der Waals surface area (Å²) in [7, 11) is 0. The SMILES string of the molecule is S=C(Nc1cc(Cl)ccc1Cl)N1CCN(Cc2ccccc2Br)CC1. The van der Waals surface area contributed by atoms with Gasteiger partial charge in [0.1, 0.15) is 0 Å². The van der Waals surface area contributed by atoms with Gasteiger partial charge in [0, 0.05) is 42.2 Å². The minimum atomic E-state index is 0.610. The van der Waals surface area contributed by atoms with Gasteiger partial charge in [-0.05, 0) is 42.0 Å². The second-order valence-electron chi connectivity index (χ2n) is 5.91. The third-order valence-electron chi connectivity index (χ3n) is 4.18. The van der Waals surface area contributed by atoms with Gasteiger partial charge in [0.15, 0.2) is 5.11 Å². The molecule has 0 bridgehead atoms. The van der Waals surface area contributed by atoms with Crippen LogP contribution in [0.3, 0.4) is 0 Å². The summed E-state index contributed by atoms with van der Waals surface area (Å²) in [5, 5.41) is 5.14. The maximum absolute atomic E-state index is 6.20. The lowest BCUT2D eigenvalue weighted by atomic mass is 10.2. The van der Waals surface area contributed by atoms with E-state index in [1.54, 1.807) is 18.2 Å². The summed E-state index contributed by atoms with van der Waals surface area (Å²) in [6.45, 7) is 4.64. The third-order valence-corrected chi connectivity index (χ3v) is 5.88. The molecular formula is C18H18BrCl2N3S. The van der Waals surface area contributed by atoms with Gasteiger partial charge in [0.25, 0.3) is 0 Å². The number of benzene rings is 2. The number of rotatable bonds is 3. The number of hydrogen-bond donors (Lipinski definition) is 1. The monoisotopic (exact) mass is 457 g/mol. The Hall–Kier alpha value is -0.850. The third kappa shape index (κ3) is 5.08. The highest BCUT2D eigenvalue weighted by molar-refractivity contribution is 9.10. The molecule has 3 nitrogen and oxygen atoms in total. The van der Waals surface area contributed by atoms with Crippen molar-refractivity contribution in [1.29, 1.82) is 0 Å². The molecule has 3 rings (SSSR count). The molecular weight excluding hydrogens is 441 g/mol. The minimum absolute atomic E-state index is 0.610. The van der Waals surface area contributed by atoms with Crippen LogP contribution < -0.4 is 5.32 Å². The average Bonchev–Trinajstić information content (AvgIpc) is 2.61. The lowest BCUT2D eigenvalue weighted by Gasteiger charge is -2.36. The van der Waals surface area contributed by atoms with Crippen LogP contribution in [-0.2, 0) is 6.54 Å². The van der Waals surface area contributed by atoms with Gasteiger partial charge in [-0.2, -0.15) is 0 Å². The van der Waals surface area contributed by atoms with Crippen molar-refractivity contribution in [2.45, 2.75) is 6.54 Å². The zero-order valence-electron chi connectivity index (χ0n) is 13.5. The highest BCUT2D eigenvalue weighted by Gasteiger charge is 2.20. The minimum Gasteiger partial charge on any atom is -0.346 e. The first kappa shape index (κ1) is 18.9. The van der Waals surface area contributed by atoms with Gasteiger partial charge < -0.3 is 10.2 Å². The van der Waals surface area contributed by atoms with Crippen LogP contribution in [0.5, 0.6) is 0 Å². The Balaban J connectivity index is 1.54. The zero-order chi connectivity index (χ0) is 17.8. The Bertz CT molecular complexity index is 764. The van der Waals surface area contributed by atoms with E-state index in [4.69, 9.17) is 35.4 Å². The molecule has 1 N–H and O–H groups in total. The van der Waals surface area contributed by atoms with E-state index in [0.29, 0.717) is 15.2 Å². The van der Waals surface area contributed by atoms with Gasteiger partial charge in [-0.1, -0.05) is 57.3 Å². The van der Waals surface area contributed by atoms with Gasteiger partial charge in [0.05, 0.1) is 10.7 Å². The van der Waals surface area contributed by atoms with E-state index in [1.165, 1.54) is 5.56 Å². The van der Waals surface area contributed by atoms with Crippen LogP contribution in [0.15, 0.2) is 46.9 Å². The van der Waals surface area contributed by atoms with Crippen molar-refractivity contribution in [1.82, 2.24) is 9.80 Å². The first-order chi connectivity index (χ1) is 12.0. The number of thiocarbonyl (C=S) groups is 1. The molecule has 0 atom stereocenters. The molecule has 132 valence electrons. The fourth-order valence-corrected chi connectivity index (χ4v) is 3.80. The maximum Gasteiger partial charge on any atom is 0.173 e. The summed E-state index contributed by atoms with van der Waals surface area (Å²) in [5.41, 5.74) is 2.05. The van der Waals surface area contributed by atoms with Crippen molar-refractivity contribution < 1.29 is 0 Å². The molecule has 1 aliphatic heterocycles. The fraction of sp³-hybridized carbons (Fsp3) is 0.278. The molecule has 25 heavy (non-hydrogen) atoms. The number of piperazine rings is 1. The van der Waals surface area contributed by atoms with Gasteiger partial charge in [-0.3, -0.25) is 4.90 Å². The molecule has 0 spiro atoms. The van der Waals surface area contributed by atoms with Gasteiger partial charge in [-0.15, -0.1) is 0 Å². The predicted octanol–water partition coefficient (Wildman–Crippen LogP) is 5.27. The topological polar surface area (TPSA) is 18.5 Å². The van der Waals surface area contributed by atoms with Crippen molar-refractivity contribution in [3.05, 3.63) is 62.5 Å². The van der Waals surface area contributed by atoms with E-state index in [1.807, 2.05) is 6.07 Å². The lowest BCUT2D eigenvalue weighted by molar-refractivity contribution is 0.176.